The summed E-state index contributed by atoms with van der Waals surface area (Å²) < 4.78 is 5.14. The summed E-state index contributed by atoms with van der Waals surface area (Å²) >= 11 is 0. The summed E-state index contributed by atoms with van der Waals surface area (Å²) in [5.41, 5.74) is -0.462. The van der Waals surface area contributed by atoms with Gasteiger partial charge in [-0.15, -0.1) is 0 Å². The third-order valence-electron chi connectivity index (χ3n) is 2.32. The van der Waals surface area contributed by atoms with E-state index in [-0.39, 0.29) is 18.4 Å². The lowest BCUT2D eigenvalue weighted by Crippen LogP contribution is -2.35. The van der Waals surface area contributed by atoms with Crippen LogP contribution in [0.2, 0.25) is 0 Å². The SMILES string of the molecule is CCN(CC)C(=O)CCNCC(=O)OC(C)(C)C. The fourth-order valence-electron chi connectivity index (χ4n) is 1.50. The first kappa shape index (κ1) is 16.9. The van der Waals surface area contributed by atoms with Gasteiger partial charge < -0.3 is 15.0 Å². The van der Waals surface area contributed by atoms with E-state index in [9.17, 15) is 9.59 Å². The molecule has 0 fully saturated rings. The summed E-state index contributed by atoms with van der Waals surface area (Å²) in [5, 5.41) is 2.92. The van der Waals surface area contributed by atoms with E-state index in [1.165, 1.54) is 0 Å². The van der Waals surface area contributed by atoms with E-state index in [2.05, 4.69) is 5.32 Å². The first-order chi connectivity index (χ1) is 8.30. The summed E-state index contributed by atoms with van der Waals surface area (Å²) in [4.78, 5) is 24.8. The standard InChI is InChI=1S/C13H26N2O3/c1-6-15(7-2)11(16)8-9-14-10-12(17)18-13(3,4)5/h14H,6-10H2,1-5H3. The van der Waals surface area contributed by atoms with Crippen LogP contribution in [-0.4, -0.2) is 48.6 Å². The number of rotatable bonds is 7. The van der Waals surface area contributed by atoms with Gasteiger partial charge in [-0.2, -0.15) is 0 Å². The zero-order valence-electron chi connectivity index (χ0n) is 12.2. The molecule has 5 heteroatoms. The van der Waals surface area contributed by atoms with Crippen LogP contribution < -0.4 is 5.32 Å². The van der Waals surface area contributed by atoms with Crippen molar-refractivity contribution in [1.82, 2.24) is 10.2 Å². The number of esters is 1. The minimum Gasteiger partial charge on any atom is -0.459 e. The van der Waals surface area contributed by atoms with Crippen LogP contribution in [0.15, 0.2) is 0 Å². The maximum absolute atomic E-state index is 11.6. The molecule has 0 saturated carbocycles. The first-order valence-electron chi connectivity index (χ1n) is 6.50. The number of nitrogens with zero attached hydrogens (tertiary/aromatic N) is 1. The molecule has 0 heterocycles. The molecule has 1 amide bonds. The molecule has 0 aliphatic heterocycles. The number of carbonyl (C=O) groups is 2. The Labute approximate surface area is 110 Å². The van der Waals surface area contributed by atoms with Crippen molar-refractivity contribution in [3.63, 3.8) is 0 Å². The zero-order chi connectivity index (χ0) is 14.2. The van der Waals surface area contributed by atoms with Gasteiger partial charge in [0.25, 0.3) is 0 Å². The molecule has 0 aliphatic carbocycles. The summed E-state index contributed by atoms with van der Waals surface area (Å²) in [6.45, 7) is 11.5. The van der Waals surface area contributed by atoms with Gasteiger partial charge in [0, 0.05) is 26.1 Å². The minimum atomic E-state index is -0.462. The Balaban J connectivity index is 3.74. The lowest BCUT2D eigenvalue weighted by atomic mass is 10.2. The van der Waals surface area contributed by atoms with Crippen molar-refractivity contribution in [1.29, 1.82) is 0 Å². The highest BCUT2D eigenvalue weighted by atomic mass is 16.6. The van der Waals surface area contributed by atoms with Gasteiger partial charge >= 0.3 is 5.97 Å². The molecule has 0 aromatic heterocycles. The smallest absolute Gasteiger partial charge is 0.320 e. The third-order valence-corrected chi connectivity index (χ3v) is 2.32. The Morgan fingerprint density at radius 3 is 2.17 bits per heavy atom. The quantitative estimate of drug-likeness (QED) is 0.550. The maximum Gasteiger partial charge on any atom is 0.320 e. The fraction of sp³-hybridized carbons (Fsp3) is 0.846. The topological polar surface area (TPSA) is 58.6 Å². The van der Waals surface area contributed by atoms with E-state index in [0.29, 0.717) is 13.0 Å². The molecule has 0 unspecified atom stereocenters. The van der Waals surface area contributed by atoms with Gasteiger partial charge in [0.2, 0.25) is 5.91 Å². The average Bonchev–Trinajstić information content (AvgIpc) is 2.23. The maximum atomic E-state index is 11.6. The lowest BCUT2D eigenvalue weighted by molar-refractivity contribution is -0.153. The van der Waals surface area contributed by atoms with Gasteiger partial charge in [0.1, 0.15) is 5.60 Å². The largest absolute Gasteiger partial charge is 0.459 e. The molecule has 1 N–H and O–H groups in total. The van der Waals surface area contributed by atoms with E-state index in [1.54, 1.807) is 4.90 Å². The number of amides is 1. The molecule has 0 aliphatic rings. The molecule has 0 aromatic rings. The van der Waals surface area contributed by atoms with Crippen LogP contribution in [0.4, 0.5) is 0 Å². The van der Waals surface area contributed by atoms with Gasteiger partial charge in [-0.3, -0.25) is 9.59 Å². The van der Waals surface area contributed by atoms with Gasteiger partial charge in [0.05, 0.1) is 6.54 Å². The Bertz CT molecular complexity index is 268. The van der Waals surface area contributed by atoms with Crippen molar-refractivity contribution in [2.75, 3.05) is 26.2 Å². The average molecular weight is 258 g/mol. The molecular weight excluding hydrogens is 232 g/mol. The molecule has 106 valence electrons. The molecular formula is C13H26N2O3. The van der Waals surface area contributed by atoms with E-state index in [4.69, 9.17) is 4.74 Å². The molecule has 18 heavy (non-hydrogen) atoms. The number of carbonyl (C=O) groups excluding carboxylic acids is 2. The highest BCUT2D eigenvalue weighted by molar-refractivity contribution is 5.76. The van der Waals surface area contributed by atoms with E-state index in [1.807, 2.05) is 34.6 Å². The summed E-state index contributed by atoms with van der Waals surface area (Å²) in [6.07, 6.45) is 0.407. The van der Waals surface area contributed by atoms with Crippen LogP contribution in [0, 0.1) is 0 Å². The number of nitrogens with one attached hydrogen (secondary N) is 1. The molecule has 0 aromatic carbocycles. The van der Waals surface area contributed by atoms with Crippen LogP contribution in [0.1, 0.15) is 41.0 Å². The number of hydrogen-bond acceptors (Lipinski definition) is 4. The van der Waals surface area contributed by atoms with Crippen molar-refractivity contribution >= 4 is 11.9 Å². The van der Waals surface area contributed by atoms with Crippen molar-refractivity contribution < 1.29 is 14.3 Å². The van der Waals surface area contributed by atoms with Crippen LogP contribution in [0.3, 0.4) is 0 Å². The highest BCUT2D eigenvalue weighted by Gasteiger charge is 2.15. The van der Waals surface area contributed by atoms with Crippen LogP contribution in [0.25, 0.3) is 0 Å². The molecule has 0 saturated heterocycles. The molecule has 5 nitrogen and oxygen atoms in total. The second-order valence-electron chi connectivity index (χ2n) is 5.08. The Kier molecular flexibility index (Phi) is 7.59. The van der Waals surface area contributed by atoms with Gasteiger partial charge in [-0.25, -0.2) is 0 Å². The molecule has 0 spiro atoms. The zero-order valence-corrected chi connectivity index (χ0v) is 12.2. The number of hydrogen-bond donors (Lipinski definition) is 1. The fourth-order valence-corrected chi connectivity index (χ4v) is 1.50. The first-order valence-corrected chi connectivity index (χ1v) is 6.50. The second-order valence-corrected chi connectivity index (χ2v) is 5.08. The molecule has 0 atom stereocenters. The van der Waals surface area contributed by atoms with E-state index < -0.39 is 5.60 Å². The highest BCUT2D eigenvalue weighted by Crippen LogP contribution is 2.06. The second kappa shape index (κ2) is 8.08. The summed E-state index contributed by atoms with van der Waals surface area (Å²) in [5.74, 6) is -0.186. The third kappa shape index (κ3) is 8.06. The molecule has 0 radical (unpaired) electrons. The Morgan fingerprint density at radius 2 is 1.72 bits per heavy atom. The molecule has 0 rings (SSSR count). The normalized spacial score (nSPS) is 11.2. The summed E-state index contributed by atoms with van der Waals surface area (Å²) in [7, 11) is 0. The van der Waals surface area contributed by atoms with E-state index in [0.717, 1.165) is 13.1 Å². The Hall–Kier alpha value is -1.10. The van der Waals surface area contributed by atoms with Crippen LogP contribution in [0.5, 0.6) is 0 Å². The minimum absolute atomic E-state index is 0.108. The lowest BCUT2D eigenvalue weighted by Gasteiger charge is -2.20. The summed E-state index contributed by atoms with van der Waals surface area (Å²) in [6, 6.07) is 0. The van der Waals surface area contributed by atoms with Gasteiger partial charge in [-0.05, 0) is 34.6 Å². The van der Waals surface area contributed by atoms with Gasteiger partial charge in [0.15, 0.2) is 0 Å². The van der Waals surface area contributed by atoms with Crippen LogP contribution in [-0.2, 0) is 14.3 Å². The van der Waals surface area contributed by atoms with Crippen molar-refractivity contribution in [2.24, 2.45) is 0 Å². The molecule has 0 bridgehead atoms. The van der Waals surface area contributed by atoms with Crippen molar-refractivity contribution in [3.05, 3.63) is 0 Å². The number of ether oxygens (including phenoxy) is 1. The van der Waals surface area contributed by atoms with Crippen molar-refractivity contribution in [2.45, 2.75) is 46.6 Å². The van der Waals surface area contributed by atoms with Crippen molar-refractivity contribution in [3.8, 4) is 0 Å². The monoisotopic (exact) mass is 258 g/mol. The van der Waals surface area contributed by atoms with E-state index >= 15 is 0 Å². The van der Waals surface area contributed by atoms with Gasteiger partial charge in [-0.1, -0.05) is 0 Å². The Morgan fingerprint density at radius 1 is 1.17 bits per heavy atom. The van der Waals surface area contributed by atoms with Crippen LogP contribution >= 0.6 is 0 Å². The predicted octanol–water partition coefficient (Wildman–Crippen LogP) is 1.18. The predicted molar refractivity (Wildman–Crippen MR) is 71.3 cm³/mol.